The molecule has 4 rings (SSSR count). The predicted octanol–water partition coefficient (Wildman–Crippen LogP) is 3.55. The first-order chi connectivity index (χ1) is 16.6. The topological polar surface area (TPSA) is 143 Å². The maximum absolute atomic E-state index is 12.0. The summed E-state index contributed by atoms with van der Waals surface area (Å²) >= 11 is 0. The van der Waals surface area contributed by atoms with Crippen molar-refractivity contribution in [1.82, 2.24) is 15.1 Å². The van der Waals surface area contributed by atoms with Gasteiger partial charge in [0.1, 0.15) is 23.7 Å². The fourth-order valence-corrected chi connectivity index (χ4v) is 2.98. The zero-order valence-corrected chi connectivity index (χ0v) is 20.3. The normalized spacial score (nSPS) is 15.1. The highest BCUT2D eigenvalue weighted by Gasteiger charge is 2.35. The zero-order valence-electron chi connectivity index (χ0n) is 20.3. The van der Waals surface area contributed by atoms with Gasteiger partial charge in [0.15, 0.2) is 11.5 Å². The Morgan fingerprint density at radius 3 is 2.43 bits per heavy atom. The molecule has 2 aromatic rings. The van der Waals surface area contributed by atoms with Gasteiger partial charge in [0.25, 0.3) is 0 Å². The molecule has 188 valence electrons. The van der Waals surface area contributed by atoms with Crippen molar-refractivity contribution in [3.63, 3.8) is 0 Å². The molecule has 1 aromatic heterocycles. The van der Waals surface area contributed by atoms with Crippen molar-refractivity contribution in [3.05, 3.63) is 36.0 Å². The molecule has 2 fully saturated rings. The number of likely N-dealkylation sites (tertiary alicyclic amines) is 1. The molecule has 1 saturated carbocycles. The summed E-state index contributed by atoms with van der Waals surface area (Å²) in [7, 11) is 1.67. The van der Waals surface area contributed by atoms with Crippen molar-refractivity contribution in [2.24, 2.45) is 5.92 Å². The number of nitrogens with one attached hydrogen (secondary N) is 2. The van der Waals surface area contributed by atoms with Crippen LogP contribution in [-0.4, -0.2) is 70.4 Å². The number of aromatic nitrogens is 2. The van der Waals surface area contributed by atoms with Gasteiger partial charge >= 0.3 is 12.1 Å². The maximum atomic E-state index is 12.0. The molecule has 0 bridgehead atoms. The van der Waals surface area contributed by atoms with Crippen LogP contribution >= 0.6 is 0 Å². The minimum atomic E-state index is -1.18. The summed E-state index contributed by atoms with van der Waals surface area (Å²) in [6.45, 7) is 6.35. The molecule has 35 heavy (non-hydrogen) atoms. The molecular formula is C24H31N5O6. The van der Waals surface area contributed by atoms with Gasteiger partial charge in [-0.15, -0.1) is 10.2 Å². The summed E-state index contributed by atoms with van der Waals surface area (Å²) < 4.78 is 11.2. The molecule has 11 heteroatoms. The Hall–Kier alpha value is -3.89. The van der Waals surface area contributed by atoms with Gasteiger partial charge in [-0.2, -0.15) is 0 Å². The Bertz CT molecular complexity index is 1060. The molecule has 1 aromatic carbocycles. The Balaban J connectivity index is 0.000000607. The smallest absolute Gasteiger partial charge is 0.410 e. The number of aromatic carboxylic acids is 1. The van der Waals surface area contributed by atoms with Crippen molar-refractivity contribution in [2.75, 3.05) is 30.8 Å². The van der Waals surface area contributed by atoms with Crippen LogP contribution in [0.1, 0.15) is 44.1 Å². The molecule has 1 aliphatic heterocycles. The van der Waals surface area contributed by atoms with Crippen molar-refractivity contribution in [1.29, 1.82) is 0 Å². The largest absolute Gasteiger partial charge is 0.487 e. The van der Waals surface area contributed by atoms with Crippen LogP contribution in [0, 0.1) is 5.92 Å². The van der Waals surface area contributed by atoms with E-state index in [2.05, 4.69) is 20.8 Å². The van der Waals surface area contributed by atoms with E-state index in [0.29, 0.717) is 41.9 Å². The zero-order chi connectivity index (χ0) is 25.6. The molecule has 3 N–H and O–H groups in total. The third kappa shape index (κ3) is 7.83. The number of amides is 1. The summed E-state index contributed by atoms with van der Waals surface area (Å²) in [5, 5.41) is 22.7. The molecule has 0 atom stereocenters. The Morgan fingerprint density at radius 2 is 1.89 bits per heavy atom. The van der Waals surface area contributed by atoms with Crippen LogP contribution in [0.3, 0.4) is 0 Å². The van der Waals surface area contributed by atoms with Gasteiger partial charge < -0.3 is 34.9 Å². The highest BCUT2D eigenvalue weighted by molar-refractivity contribution is 5.93. The molecule has 11 nitrogen and oxygen atoms in total. The average Bonchev–Trinajstić information content (AvgIpc) is 3.60. The standard InChI is InChI=1S/C20H25N5O5.C4H6O/c1-20(2,3)30-19(28)25-10-14(11-25)29-13-7-5-6-12(8-13)22-15-9-16(21-4)23-24-17(15)18(26)27;5-3-4-1-2-4/h5-9,14H,10-11H2,1-4H3,(H,26,27)(H2,21,22,23);3-4H,1-2H2. The van der Waals surface area contributed by atoms with Crippen molar-refractivity contribution < 1.29 is 29.0 Å². The number of rotatable bonds is 7. The minimum Gasteiger partial charge on any atom is -0.487 e. The molecule has 1 amide bonds. The third-order valence-electron chi connectivity index (χ3n) is 4.98. The van der Waals surface area contributed by atoms with E-state index in [4.69, 9.17) is 9.47 Å². The minimum absolute atomic E-state index is 0.138. The van der Waals surface area contributed by atoms with E-state index >= 15 is 0 Å². The first kappa shape index (κ1) is 25.7. The number of aldehydes is 1. The third-order valence-corrected chi connectivity index (χ3v) is 4.98. The summed E-state index contributed by atoms with van der Waals surface area (Å²) in [4.78, 5) is 34.6. The van der Waals surface area contributed by atoms with Crippen molar-refractivity contribution in [2.45, 2.75) is 45.3 Å². The van der Waals surface area contributed by atoms with E-state index in [0.717, 1.165) is 19.1 Å². The van der Waals surface area contributed by atoms with Gasteiger partial charge in [0.2, 0.25) is 0 Å². The average molecular weight is 486 g/mol. The fraction of sp³-hybridized carbons (Fsp3) is 0.458. The number of carboxylic acid groups (broad SMARTS) is 1. The highest BCUT2D eigenvalue weighted by Crippen LogP contribution is 2.27. The number of ether oxygens (including phenoxy) is 2. The number of hydrogen-bond acceptors (Lipinski definition) is 9. The van der Waals surface area contributed by atoms with Gasteiger partial charge in [0, 0.05) is 30.8 Å². The van der Waals surface area contributed by atoms with Gasteiger partial charge in [-0.1, -0.05) is 6.07 Å². The first-order valence-corrected chi connectivity index (χ1v) is 11.3. The molecule has 0 unspecified atom stereocenters. The molecule has 0 spiro atoms. The van der Waals surface area contributed by atoms with Gasteiger partial charge in [-0.05, 0) is 45.7 Å². The lowest BCUT2D eigenvalue weighted by molar-refractivity contribution is -0.108. The SMILES string of the molecule is CNc1cc(Nc2cccc(OC3CN(C(=O)OC(C)(C)C)C3)c2)c(C(=O)O)nn1.O=CC1CC1. The van der Waals surface area contributed by atoms with Crippen LogP contribution in [0.4, 0.5) is 22.0 Å². The van der Waals surface area contributed by atoms with Gasteiger partial charge in [0.05, 0.1) is 18.8 Å². The molecule has 0 radical (unpaired) electrons. The van der Waals surface area contributed by atoms with Crippen LogP contribution in [0.25, 0.3) is 0 Å². The highest BCUT2D eigenvalue weighted by atomic mass is 16.6. The summed E-state index contributed by atoms with van der Waals surface area (Å²) in [5.41, 5.74) is 0.215. The summed E-state index contributed by atoms with van der Waals surface area (Å²) in [5.74, 6) is 0.305. The number of carbonyl (C=O) groups excluding carboxylic acids is 2. The second-order valence-corrected chi connectivity index (χ2v) is 9.30. The fourth-order valence-electron chi connectivity index (χ4n) is 2.98. The number of carboxylic acids is 1. The second kappa shape index (κ2) is 11.0. The first-order valence-electron chi connectivity index (χ1n) is 11.3. The monoisotopic (exact) mass is 485 g/mol. The summed E-state index contributed by atoms with van der Waals surface area (Å²) in [6.07, 6.45) is 2.82. The Labute approximate surface area is 203 Å². The summed E-state index contributed by atoms with van der Waals surface area (Å²) in [6, 6.07) is 8.68. The molecular weight excluding hydrogens is 454 g/mol. The van der Waals surface area contributed by atoms with E-state index in [9.17, 15) is 19.5 Å². The van der Waals surface area contributed by atoms with Gasteiger partial charge in [-0.25, -0.2) is 9.59 Å². The van der Waals surface area contributed by atoms with E-state index in [1.165, 1.54) is 0 Å². The molecule has 1 aliphatic carbocycles. The number of hydrogen-bond donors (Lipinski definition) is 3. The van der Waals surface area contributed by atoms with E-state index in [1.807, 2.05) is 20.8 Å². The lowest BCUT2D eigenvalue weighted by Crippen LogP contribution is -2.57. The quantitative estimate of drug-likeness (QED) is 0.498. The number of carbonyl (C=O) groups is 3. The van der Waals surface area contributed by atoms with Crippen molar-refractivity contribution in [3.8, 4) is 5.75 Å². The second-order valence-electron chi connectivity index (χ2n) is 9.30. The van der Waals surface area contributed by atoms with Crippen molar-refractivity contribution >= 4 is 35.5 Å². The lowest BCUT2D eigenvalue weighted by Gasteiger charge is -2.39. The van der Waals surface area contributed by atoms with E-state index in [-0.39, 0.29) is 17.9 Å². The molecule has 2 aliphatic rings. The Morgan fingerprint density at radius 1 is 1.17 bits per heavy atom. The Kier molecular flexibility index (Phi) is 8.10. The van der Waals surface area contributed by atoms with Crippen LogP contribution in [-0.2, 0) is 9.53 Å². The molecule has 1 saturated heterocycles. The number of nitrogens with zero attached hydrogens (tertiary/aromatic N) is 3. The van der Waals surface area contributed by atoms with E-state index in [1.54, 1.807) is 42.3 Å². The van der Waals surface area contributed by atoms with Crippen LogP contribution in [0.2, 0.25) is 0 Å². The van der Waals surface area contributed by atoms with E-state index < -0.39 is 11.6 Å². The maximum Gasteiger partial charge on any atom is 0.410 e. The van der Waals surface area contributed by atoms with Gasteiger partial charge in [-0.3, -0.25) is 0 Å². The predicted molar refractivity (Wildman–Crippen MR) is 129 cm³/mol. The van der Waals surface area contributed by atoms with Crippen LogP contribution in [0.15, 0.2) is 30.3 Å². The van der Waals surface area contributed by atoms with Crippen LogP contribution in [0.5, 0.6) is 5.75 Å². The lowest BCUT2D eigenvalue weighted by atomic mass is 10.1. The van der Waals surface area contributed by atoms with Crippen LogP contribution < -0.4 is 15.4 Å². The molecule has 2 heterocycles. The number of benzene rings is 1. The number of anilines is 3.